The predicted molar refractivity (Wildman–Crippen MR) is 114 cm³/mol. The van der Waals surface area contributed by atoms with Crippen LogP contribution in [0.3, 0.4) is 0 Å². The molecule has 0 radical (unpaired) electrons. The average Bonchev–Trinajstić information content (AvgIpc) is 3.05. The summed E-state index contributed by atoms with van der Waals surface area (Å²) in [6.45, 7) is 6.83. The number of aromatic nitrogens is 3. The second-order valence-electron chi connectivity index (χ2n) is 7.00. The van der Waals surface area contributed by atoms with Crippen LogP contribution < -0.4 is 10.6 Å². The summed E-state index contributed by atoms with van der Waals surface area (Å²) in [6, 6.07) is 8.46. The number of halogens is 1. The van der Waals surface area contributed by atoms with E-state index in [2.05, 4.69) is 20.7 Å². The highest BCUT2D eigenvalue weighted by atomic mass is 35.5. The van der Waals surface area contributed by atoms with E-state index in [4.69, 9.17) is 11.6 Å². The van der Waals surface area contributed by atoms with E-state index in [1.54, 1.807) is 44.3 Å². The van der Waals surface area contributed by atoms with Gasteiger partial charge in [-0.15, -0.1) is 0 Å². The lowest BCUT2D eigenvalue weighted by Gasteiger charge is -2.16. The lowest BCUT2D eigenvalue weighted by Crippen LogP contribution is -2.33. The summed E-state index contributed by atoms with van der Waals surface area (Å²) in [5, 5.41) is 19.4. The zero-order valence-electron chi connectivity index (χ0n) is 17.0. The number of carbonyl (C=O) groups is 2. The molecule has 0 saturated carbocycles. The van der Waals surface area contributed by atoms with Crippen LogP contribution in [0, 0.1) is 20.8 Å². The van der Waals surface area contributed by atoms with Crippen molar-refractivity contribution < 1.29 is 14.7 Å². The largest absolute Gasteiger partial charge is 0.374 e. The monoisotopic (exact) mass is 427 g/mol. The number of anilines is 1. The van der Waals surface area contributed by atoms with E-state index in [9.17, 15) is 14.7 Å². The van der Waals surface area contributed by atoms with Crippen molar-refractivity contribution in [3.8, 4) is 5.82 Å². The van der Waals surface area contributed by atoms with Crippen molar-refractivity contribution in [3.63, 3.8) is 0 Å². The molecule has 9 heteroatoms. The van der Waals surface area contributed by atoms with E-state index in [0.29, 0.717) is 27.8 Å². The van der Waals surface area contributed by atoms with Crippen LogP contribution in [0.15, 0.2) is 36.5 Å². The van der Waals surface area contributed by atoms with E-state index in [-0.39, 0.29) is 11.3 Å². The zero-order chi connectivity index (χ0) is 22.0. The standard InChI is InChI=1S/C21H22ClN5O3/c1-11-8-12(2)18(15(9-11)20(29)24-14(4)28)25-21(30)17-10-13(3)26-27(17)19-16(22)6-5-7-23-19/h5-10,14,28H,1-4H3,(H,24,29)(H,25,30). The summed E-state index contributed by atoms with van der Waals surface area (Å²) < 4.78 is 1.37. The first-order valence-electron chi connectivity index (χ1n) is 9.26. The van der Waals surface area contributed by atoms with Gasteiger partial charge in [0, 0.05) is 6.20 Å². The van der Waals surface area contributed by atoms with Crippen molar-refractivity contribution in [2.75, 3.05) is 5.32 Å². The van der Waals surface area contributed by atoms with E-state index in [1.807, 2.05) is 13.0 Å². The smallest absolute Gasteiger partial charge is 0.274 e. The molecule has 0 saturated heterocycles. The molecule has 3 N–H and O–H groups in total. The SMILES string of the molecule is Cc1cc(C)c(NC(=O)c2cc(C)nn2-c2ncccc2Cl)c(C(=O)NC(C)O)c1. The Labute approximate surface area is 178 Å². The van der Waals surface area contributed by atoms with Crippen LogP contribution in [0.25, 0.3) is 5.82 Å². The molecule has 156 valence electrons. The quantitative estimate of drug-likeness (QED) is 0.542. The molecule has 0 aliphatic rings. The van der Waals surface area contributed by atoms with E-state index < -0.39 is 18.0 Å². The molecule has 3 rings (SSSR count). The number of carbonyl (C=O) groups excluding carboxylic acids is 2. The van der Waals surface area contributed by atoms with Crippen molar-refractivity contribution in [1.29, 1.82) is 0 Å². The summed E-state index contributed by atoms with van der Waals surface area (Å²) in [5.41, 5.74) is 2.98. The lowest BCUT2D eigenvalue weighted by atomic mass is 10.0. The zero-order valence-corrected chi connectivity index (χ0v) is 17.8. The molecular formula is C21H22ClN5O3. The van der Waals surface area contributed by atoms with Gasteiger partial charge in [-0.05, 0) is 63.1 Å². The molecule has 0 aliphatic carbocycles. The highest BCUT2D eigenvalue weighted by molar-refractivity contribution is 6.32. The van der Waals surface area contributed by atoms with E-state index in [0.717, 1.165) is 5.56 Å². The van der Waals surface area contributed by atoms with Gasteiger partial charge in [-0.3, -0.25) is 9.59 Å². The number of benzene rings is 1. The van der Waals surface area contributed by atoms with Crippen LogP contribution in [0.5, 0.6) is 0 Å². The number of aliphatic hydroxyl groups excluding tert-OH is 1. The van der Waals surface area contributed by atoms with Gasteiger partial charge in [0.2, 0.25) is 0 Å². The molecule has 0 spiro atoms. The highest BCUT2D eigenvalue weighted by Gasteiger charge is 2.22. The van der Waals surface area contributed by atoms with Crippen molar-refractivity contribution in [3.05, 3.63) is 69.6 Å². The predicted octanol–water partition coefficient (Wildman–Crippen LogP) is 3.17. The minimum atomic E-state index is -1.03. The summed E-state index contributed by atoms with van der Waals surface area (Å²) in [7, 11) is 0. The molecular weight excluding hydrogens is 406 g/mol. The molecule has 2 heterocycles. The fourth-order valence-corrected chi connectivity index (χ4v) is 3.32. The first-order valence-corrected chi connectivity index (χ1v) is 9.64. The Morgan fingerprint density at radius 1 is 1.17 bits per heavy atom. The first-order chi connectivity index (χ1) is 14.2. The molecule has 0 fully saturated rings. The minimum absolute atomic E-state index is 0.218. The molecule has 30 heavy (non-hydrogen) atoms. The Kier molecular flexibility index (Phi) is 6.19. The van der Waals surface area contributed by atoms with E-state index in [1.165, 1.54) is 11.6 Å². The number of rotatable bonds is 5. The number of pyridine rings is 1. The molecule has 2 aromatic heterocycles. The third-order valence-corrected chi connectivity index (χ3v) is 4.60. The number of amides is 2. The van der Waals surface area contributed by atoms with Crippen LogP contribution in [0.2, 0.25) is 5.02 Å². The van der Waals surface area contributed by atoms with Crippen LogP contribution in [0.1, 0.15) is 44.6 Å². The number of aryl methyl sites for hydroxylation is 3. The van der Waals surface area contributed by atoms with Crippen molar-refractivity contribution in [2.45, 2.75) is 33.9 Å². The molecule has 8 nitrogen and oxygen atoms in total. The van der Waals surface area contributed by atoms with Crippen molar-refractivity contribution >= 4 is 29.1 Å². The normalized spacial score (nSPS) is 11.8. The maximum Gasteiger partial charge on any atom is 0.274 e. The van der Waals surface area contributed by atoms with Gasteiger partial charge in [-0.25, -0.2) is 9.67 Å². The number of aliphatic hydroxyl groups is 1. The summed E-state index contributed by atoms with van der Waals surface area (Å²) in [6.07, 6.45) is 0.528. The van der Waals surface area contributed by atoms with E-state index >= 15 is 0 Å². The second kappa shape index (κ2) is 8.64. The van der Waals surface area contributed by atoms with Crippen molar-refractivity contribution in [1.82, 2.24) is 20.1 Å². The lowest BCUT2D eigenvalue weighted by molar-refractivity contribution is 0.0819. The summed E-state index contributed by atoms with van der Waals surface area (Å²) >= 11 is 6.23. The van der Waals surface area contributed by atoms with Gasteiger partial charge < -0.3 is 15.7 Å². The van der Waals surface area contributed by atoms with Gasteiger partial charge in [0.25, 0.3) is 11.8 Å². The van der Waals surface area contributed by atoms with Crippen LogP contribution in [-0.2, 0) is 0 Å². The van der Waals surface area contributed by atoms with Crippen LogP contribution in [0.4, 0.5) is 5.69 Å². The summed E-state index contributed by atoms with van der Waals surface area (Å²) in [4.78, 5) is 29.9. The van der Waals surface area contributed by atoms with Crippen molar-refractivity contribution in [2.24, 2.45) is 0 Å². The van der Waals surface area contributed by atoms with Gasteiger partial charge in [0.15, 0.2) is 5.82 Å². The Balaban J connectivity index is 2.02. The topological polar surface area (TPSA) is 109 Å². The fraction of sp³-hybridized carbons (Fsp3) is 0.238. The minimum Gasteiger partial charge on any atom is -0.374 e. The number of nitrogens with one attached hydrogen (secondary N) is 2. The van der Waals surface area contributed by atoms with Gasteiger partial charge in [-0.2, -0.15) is 5.10 Å². The molecule has 1 atom stereocenters. The maximum absolute atomic E-state index is 13.1. The van der Waals surface area contributed by atoms with Gasteiger partial charge >= 0.3 is 0 Å². The molecule has 0 bridgehead atoms. The third-order valence-electron chi connectivity index (χ3n) is 4.31. The molecule has 3 aromatic rings. The Bertz CT molecular complexity index is 1120. The highest BCUT2D eigenvalue weighted by Crippen LogP contribution is 2.25. The van der Waals surface area contributed by atoms with Crippen LogP contribution in [-0.4, -0.2) is 37.9 Å². The molecule has 1 unspecified atom stereocenters. The van der Waals surface area contributed by atoms with Gasteiger partial charge in [0.05, 0.1) is 22.0 Å². The average molecular weight is 428 g/mol. The molecule has 1 aromatic carbocycles. The Morgan fingerprint density at radius 3 is 2.57 bits per heavy atom. The Morgan fingerprint density at radius 2 is 1.90 bits per heavy atom. The number of hydrogen-bond donors (Lipinski definition) is 3. The third kappa shape index (κ3) is 4.50. The van der Waals surface area contributed by atoms with Gasteiger partial charge in [-0.1, -0.05) is 17.7 Å². The maximum atomic E-state index is 13.1. The summed E-state index contributed by atoms with van der Waals surface area (Å²) in [5.74, 6) is -0.648. The second-order valence-corrected chi connectivity index (χ2v) is 7.41. The van der Waals surface area contributed by atoms with Gasteiger partial charge in [0.1, 0.15) is 11.9 Å². The molecule has 0 aliphatic heterocycles. The first kappa shape index (κ1) is 21.5. The molecule has 2 amide bonds. The Hall–Kier alpha value is -3.23. The fourth-order valence-electron chi connectivity index (χ4n) is 3.11. The van der Waals surface area contributed by atoms with Crippen LogP contribution >= 0.6 is 11.6 Å². The number of nitrogens with zero attached hydrogens (tertiary/aromatic N) is 3. The number of hydrogen-bond acceptors (Lipinski definition) is 5.